The summed E-state index contributed by atoms with van der Waals surface area (Å²) in [5.41, 5.74) is 2.03. The number of aryl methyl sites for hydroxylation is 1. The molecule has 0 saturated carbocycles. The van der Waals surface area contributed by atoms with Gasteiger partial charge in [-0.1, -0.05) is 0 Å². The fraction of sp³-hybridized carbons (Fsp3) is 0.125. The summed E-state index contributed by atoms with van der Waals surface area (Å²) in [5, 5.41) is 0. The first kappa shape index (κ1) is 23.7. The lowest BCUT2D eigenvalue weighted by molar-refractivity contribution is 0.103. The SMILES string of the molecule is O=C(c1ccc2ncc(-c3ccc(F)cc3)nc2c1)c1cc(CCCNS(=O)O)cc(F)c1F. The predicted octanol–water partition coefficient (Wildman–Crippen LogP) is 4.60. The van der Waals surface area contributed by atoms with Crippen LogP contribution in [0.15, 0.2) is 60.8 Å². The Bertz CT molecular complexity index is 1400. The largest absolute Gasteiger partial charge is 0.294 e. The first-order valence-corrected chi connectivity index (χ1v) is 11.3. The summed E-state index contributed by atoms with van der Waals surface area (Å²) >= 11 is -2.16. The van der Waals surface area contributed by atoms with Gasteiger partial charge in [-0.2, -0.15) is 0 Å². The van der Waals surface area contributed by atoms with Gasteiger partial charge in [-0.05, 0) is 73.0 Å². The topological polar surface area (TPSA) is 92.2 Å². The van der Waals surface area contributed by atoms with E-state index in [0.29, 0.717) is 34.3 Å². The molecule has 1 heterocycles. The van der Waals surface area contributed by atoms with Crippen LogP contribution >= 0.6 is 0 Å². The predicted molar refractivity (Wildman–Crippen MR) is 122 cm³/mol. The maximum atomic E-state index is 14.5. The van der Waals surface area contributed by atoms with E-state index in [9.17, 15) is 22.2 Å². The van der Waals surface area contributed by atoms with Gasteiger partial charge in [0.15, 0.2) is 17.4 Å². The number of hydrogen-bond donors (Lipinski definition) is 2. The number of rotatable bonds is 8. The van der Waals surface area contributed by atoms with E-state index < -0.39 is 34.2 Å². The van der Waals surface area contributed by atoms with E-state index in [-0.39, 0.29) is 24.3 Å². The van der Waals surface area contributed by atoms with E-state index in [0.717, 1.165) is 6.07 Å². The van der Waals surface area contributed by atoms with Crippen LogP contribution in [0.1, 0.15) is 27.9 Å². The van der Waals surface area contributed by atoms with Crippen LogP contribution in [0.3, 0.4) is 0 Å². The third-order valence-electron chi connectivity index (χ3n) is 5.14. The molecule has 34 heavy (non-hydrogen) atoms. The average Bonchev–Trinajstić information content (AvgIpc) is 2.83. The highest BCUT2D eigenvalue weighted by atomic mass is 32.2. The molecule has 1 unspecified atom stereocenters. The fourth-order valence-electron chi connectivity index (χ4n) is 3.47. The molecule has 1 atom stereocenters. The molecule has 0 aliphatic carbocycles. The monoisotopic (exact) mass is 485 g/mol. The van der Waals surface area contributed by atoms with Gasteiger partial charge in [-0.15, -0.1) is 0 Å². The van der Waals surface area contributed by atoms with Crippen molar-refractivity contribution in [1.29, 1.82) is 0 Å². The highest BCUT2D eigenvalue weighted by Gasteiger charge is 2.19. The van der Waals surface area contributed by atoms with Gasteiger partial charge in [0, 0.05) is 17.7 Å². The number of hydrogen-bond acceptors (Lipinski definition) is 4. The first-order valence-electron chi connectivity index (χ1n) is 10.2. The minimum absolute atomic E-state index is 0.103. The number of nitrogens with one attached hydrogen (secondary N) is 1. The Balaban J connectivity index is 1.63. The van der Waals surface area contributed by atoms with Gasteiger partial charge in [0.25, 0.3) is 0 Å². The van der Waals surface area contributed by atoms with E-state index in [1.54, 1.807) is 18.2 Å². The summed E-state index contributed by atoms with van der Waals surface area (Å²) in [5.74, 6) is -3.52. The minimum Gasteiger partial charge on any atom is -0.294 e. The molecule has 6 nitrogen and oxygen atoms in total. The van der Waals surface area contributed by atoms with Crippen LogP contribution in [-0.4, -0.2) is 31.1 Å². The quantitative estimate of drug-likeness (QED) is 0.216. The zero-order chi connectivity index (χ0) is 24.2. The third kappa shape index (κ3) is 5.36. The Morgan fingerprint density at radius 3 is 2.50 bits per heavy atom. The Labute approximate surface area is 195 Å². The van der Waals surface area contributed by atoms with Crippen molar-refractivity contribution >= 4 is 28.1 Å². The highest BCUT2D eigenvalue weighted by molar-refractivity contribution is 7.77. The van der Waals surface area contributed by atoms with Crippen molar-refractivity contribution in [2.45, 2.75) is 12.8 Å². The van der Waals surface area contributed by atoms with Gasteiger partial charge in [-0.3, -0.25) is 14.3 Å². The maximum Gasteiger partial charge on any atom is 0.231 e. The molecule has 0 radical (unpaired) electrons. The molecule has 0 bridgehead atoms. The zero-order valence-electron chi connectivity index (χ0n) is 17.6. The lowest BCUT2D eigenvalue weighted by Gasteiger charge is -2.09. The van der Waals surface area contributed by atoms with Gasteiger partial charge < -0.3 is 0 Å². The van der Waals surface area contributed by atoms with Gasteiger partial charge in [0.1, 0.15) is 5.82 Å². The molecule has 0 amide bonds. The molecule has 0 fully saturated rings. The molecular weight excluding hydrogens is 467 g/mol. The van der Waals surface area contributed by atoms with Crippen molar-refractivity contribution in [2.75, 3.05) is 6.54 Å². The van der Waals surface area contributed by atoms with Gasteiger partial charge in [0.2, 0.25) is 11.3 Å². The number of carbonyl (C=O) groups excluding carboxylic acids is 1. The number of halogens is 3. The normalized spacial score (nSPS) is 12.1. The lowest BCUT2D eigenvalue weighted by atomic mass is 9.98. The van der Waals surface area contributed by atoms with Crippen molar-refractivity contribution in [3.63, 3.8) is 0 Å². The molecule has 0 aliphatic heterocycles. The Morgan fingerprint density at radius 2 is 1.76 bits per heavy atom. The summed E-state index contributed by atoms with van der Waals surface area (Å²) in [4.78, 5) is 21.8. The van der Waals surface area contributed by atoms with Crippen molar-refractivity contribution in [1.82, 2.24) is 14.7 Å². The number of ketones is 1. The lowest BCUT2D eigenvalue weighted by Crippen LogP contribution is -2.18. The van der Waals surface area contributed by atoms with E-state index in [4.69, 9.17) is 4.55 Å². The molecule has 174 valence electrons. The summed E-state index contributed by atoms with van der Waals surface area (Å²) in [7, 11) is 0. The number of benzene rings is 3. The third-order valence-corrected chi connectivity index (χ3v) is 5.60. The summed E-state index contributed by atoms with van der Waals surface area (Å²) in [6.07, 6.45) is 2.17. The molecule has 3 aromatic carbocycles. The van der Waals surface area contributed by atoms with Crippen molar-refractivity contribution in [2.24, 2.45) is 0 Å². The van der Waals surface area contributed by atoms with E-state index in [1.165, 1.54) is 36.5 Å². The minimum atomic E-state index is -2.16. The van der Waals surface area contributed by atoms with Crippen molar-refractivity contribution in [3.8, 4) is 11.3 Å². The molecule has 4 aromatic rings. The van der Waals surface area contributed by atoms with E-state index >= 15 is 0 Å². The van der Waals surface area contributed by atoms with Gasteiger partial charge in [-0.25, -0.2) is 27.1 Å². The Hall–Kier alpha value is -3.47. The molecule has 1 aromatic heterocycles. The van der Waals surface area contributed by atoms with Gasteiger partial charge >= 0.3 is 0 Å². The molecule has 10 heteroatoms. The number of fused-ring (bicyclic) bond motifs is 1. The number of aromatic nitrogens is 2. The smallest absolute Gasteiger partial charge is 0.231 e. The average molecular weight is 485 g/mol. The summed E-state index contributed by atoms with van der Waals surface area (Å²) in [6, 6.07) is 12.4. The van der Waals surface area contributed by atoms with E-state index in [1.807, 2.05) is 0 Å². The molecule has 0 aliphatic rings. The molecular formula is C24H18F3N3O3S. The first-order chi connectivity index (χ1) is 16.3. The highest BCUT2D eigenvalue weighted by Crippen LogP contribution is 2.23. The second kappa shape index (κ2) is 10.2. The molecule has 4 rings (SSSR count). The molecule has 2 N–H and O–H groups in total. The van der Waals surface area contributed by atoms with Crippen LogP contribution in [-0.2, 0) is 17.7 Å². The number of carbonyl (C=O) groups is 1. The maximum absolute atomic E-state index is 14.5. The van der Waals surface area contributed by atoms with Crippen LogP contribution < -0.4 is 4.72 Å². The molecule has 0 spiro atoms. The Morgan fingerprint density at radius 1 is 1.00 bits per heavy atom. The van der Waals surface area contributed by atoms with Gasteiger partial charge in [0.05, 0.1) is 28.5 Å². The second-order valence-corrected chi connectivity index (χ2v) is 8.27. The zero-order valence-corrected chi connectivity index (χ0v) is 18.4. The van der Waals surface area contributed by atoms with Crippen LogP contribution in [0.4, 0.5) is 13.2 Å². The standard InChI is InChI=1S/C24H18F3N3O3S/c25-17-6-3-15(4-7-17)22-13-28-20-8-5-16(12-21(20)30-22)24(31)18-10-14(11-19(26)23(18)27)2-1-9-29-34(32)33/h3-8,10-13,29H,1-2,9H2,(H,32,33). The van der Waals surface area contributed by atoms with Crippen LogP contribution in [0.25, 0.3) is 22.3 Å². The van der Waals surface area contributed by atoms with Crippen molar-refractivity contribution < 1.29 is 26.7 Å². The summed E-state index contributed by atoms with van der Waals surface area (Å²) in [6.45, 7) is 0.186. The van der Waals surface area contributed by atoms with Crippen LogP contribution in [0.5, 0.6) is 0 Å². The van der Waals surface area contributed by atoms with Crippen molar-refractivity contribution in [3.05, 3.63) is 94.9 Å². The fourth-order valence-corrected chi connectivity index (χ4v) is 3.79. The summed E-state index contributed by atoms with van der Waals surface area (Å²) < 4.78 is 63.6. The number of nitrogens with zero attached hydrogens (tertiary/aromatic N) is 2. The van der Waals surface area contributed by atoms with Crippen LogP contribution in [0, 0.1) is 17.5 Å². The van der Waals surface area contributed by atoms with E-state index in [2.05, 4.69) is 14.7 Å². The molecule has 0 saturated heterocycles. The van der Waals surface area contributed by atoms with Crippen LogP contribution in [0.2, 0.25) is 0 Å². The second-order valence-electron chi connectivity index (χ2n) is 7.48. The Kier molecular flexibility index (Phi) is 7.11.